The fourth-order valence-corrected chi connectivity index (χ4v) is 6.46. The minimum Gasteiger partial charge on any atom is -0.477 e. The zero-order chi connectivity index (χ0) is 41.4. The molecule has 0 spiro atoms. The molecule has 0 saturated carbocycles. The van der Waals surface area contributed by atoms with Crippen molar-refractivity contribution in [3.05, 3.63) is 48.6 Å². The van der Waals surface area contributed by atoms with Crippen molar-refractivity contribution < 1.29 is 38.2 Å². The minimum absolute atomic E-state index is 0.0500. The van der Waals surface area contributed by atoms with E-state index >= 15 is 0 Å². The summed E-state index contributed by atoms with van der Waals surface area (Å²) in [5, 5.41) is 9.60. The molecule has 8 nitrogen and oxygen atoms in total. The number of likely N-dealkylation sites (N-methyl/N-ethyl adjacent to an activating group) is 1. The lowest BCUT2D eigenvalue weighted by Crippen LogP contribution is -2.50. The summed E-state index contributed by atoms with van der Waals surface area (Å²) < 4.78 is 17.2. The zero-order valence-electron chi connectivity index (χ0n) is 36.8. The number of unbranched alkanes of at least 4 members (excludes halogenated alkanes) is 18. The van der Waals surface area contributed by atoms with Crippen LogP contribution >= 0.6 is 0 Å². The highest BCUT2D eigenvalue weighted by Crippen LogP contribution is 2.15. The summed E-state index contributed by atoms with van der Waals surface area (Å²) in [6, 6.07) is -0.617. The van der Waals surface area contributed by atoms with Gasteiger partial charge in [0.1, 0.15) is 6.61 Å². The summed E-state index contributed by atoms with van der Waals surface area (Å²) in [4.78, 5) is 36.9. The third-order valence-electron chi connectivity index (χ3n) is 9.96. The fourth-order valence-electron chi connectivity index (χ4n) is 6.46. The van der Waals surface area contributed by atoms with Gasteiger partial charge in [-0.05, 0) is 64.2 Å². The predicted octanol–water partition coefficient (Wildman–Crippen LogP) is 12.4. The maximum absolute atomic E-state index is 12.6. The largest absolute Gasteiger partial charge is 0.477 e. The Morgan fingerprint density at radius 3 is 1.55 bits per heavy atom. The second-order valence-corrected chi connectivity index (χ2v) is 16.3. The van der Waals surface area contributed by atoms with Gasteiger partial charge in [-0.1, -0.05) is 152 Å². The lowest BCUT2D eigenvalue weighted by Gasteiger charge is -2.31. The number of ether oxygens (including phenoxy) is 3. The van der Waals surface area contributed by atoms with E-state index in [1.165, 1.54) is 96.3 Å². The quantitative estimate of drug-likeness (QED) is 0.0286. The van der Waals surface area contributed by atoms with Crippen LogP contribution in [0.2, 0.25) is 0 Å². The van der Waals surface area contributed by atoms with Crippen LogP contribution in [-0.2, 0) is 28.6 Å². The van der Waals surface area contributed by atoms with E-state index in [0.29, 0.717) is 19.3 Å². The Kier molecular flexibility index (Phi) is 37.2. The monoisotopic (exact) mass is 789 g/mol. The first-order valence-electron chi connectivity index (χ1n) is 22.7. The van der Waals surface area contributed by atoms with Crippen LogP contribution in [0.4, 0.5) is 0 Å². The van der Waals surface area contributed by atoms with E-state index < -0.39 is 18.1 Å². The number of aliphatic carboxylic acids is 1. The van der Waals surface area contributed by atoms with Gasteiger partial charge in [0.2, 0.25) is 0 Å². The third-order valence-corrected chi connectivity index (χ3v) is 9.96. The molecule has 0 aromatic carbocycles. The number of carboxylic acids is 1. The number of esters is 2. The molecule has 0 saturated heterocycles. The maximum atomic E-state index is 12.6. The highest BCUT2D eigenvalue weighted by molar-refractivity contribution is 5.72. The van der Waals surface area contributed by atoms with E-state index in [-0.39, 0.29) is 42.7 Å². The van der Waals surface area contributed by atoms with Crippen LogP contribution in [0, 0.1) is 0 Å². The summed E-state index contributed by atoms with van der Waals surface area (Å²) in [5.74, 6) is -1.51. The van der Waals surface area contributed by atoms with Gasteiger partial charge in [-0.25, -0.2) is 4.79 Å². The van der Waals surface area contributed by atoms with Crippen molar-refractivity contribution in [2.75, 3.05) is 41.0 Å². The normalized spacial score (nSPS) is 13.4. The van der Waals surface area contributed by atoms with E-state index in [1.54, 1.807) is 0 Å². The third kappa shape index (κ3) is 36.9. The van der Waals surface area contributed by atoms with Crippen molar-refractivity contribution >= 4 is 17.9 Å². The van der Waals surface area contributed by atoms with Crippen LogP contribution in [0.3, 0.4) is 0 Å². The average Bonchev–Trinajstić information content (AvgIpc) is 3.15. The molecule has 324 valence electrons. The van der Waals surface area contributed by atoms with Crippen molar-refractivity contribution in [3.63, 3.8) is 0 Å². The molecule has 0 radical (unpaired) electrons. The molecule has 0 aliphatic heterocycles. The lowest BCUT2D eigenvalue weighted by atomic mass is 10.0. The molecule has 0 aromatic rings. The van der Waals surface area contributed by atoms with Gasteiger partial charge in [0, 0.05) is 19.3 Å². The molecule has 1 N–H and O–H groups in total. The number of quaternary nitrogens is 1. The molecule has 0 rings (SSSR count). The number of rotatable bonds is 40. The summed E-state index contributed by atoms with van der Waals surface area (Å²) in [6.45, 7) is 4.56. The fraction of sp³-hybridized carbons (Fsp3) is 0.771. The second kappa shape index (κ2) is 39.1. The van der Waals surface area contributed by atoms with Gasteiger partial charge in [0.05, 0.1) is 34.4 Å². The highest BCUT2D eigenvalue weighted by Gasteiger charge is 2.31. The number of allylic oxidation sites excluding steroid dienone is 8. The van der Waals surface area contributed by atoms with Crippen molar-refractivity contribution in [2.24, 2.45) is 0 Å². The molecule has 0 fully saturated rings. The van der Waals surface area contributed by atoms with Gasteiger partial charge in [-0.15, -0.1) is 0 Å². The van der Waals surface area contributed by atoms with Crippen LogP contribution in [0.5, 0.6) is 0 Å². The molecular weight excluding hydrogens is 703 g/mol. The van der Waals surface area contributed by atoms with Gasteiger partial charge in [0.15, 0.2) is 12.1 Å². The summed E-state index contributed by atoms with van der Waals surface area (Å²) in [6.07, 6.45) is 46.1. The van der Waals surface area contributed by atoms with Crippen LogP contribution in [0.15, 0.2) is 48.6 Å². The van der Waals surface area contributed by atoms with Crippen molar-refractivity contribution in [1.29, 1.82) is 0 Å². The topological polar surface area (TPSA) is 99.1 Å². The number of carbonyl (C=O) groups excluding carboxylic acids is 2. The molecule has 0 aliphatic rings. The van der Waals surface area contributed by atoms with E-state index in [1.807, 2.05) is 21.1 Å². The summed E-state index contributed by atoms with van der Waals surface area (Å²) in [5.41, 5.74) is 0. The highest BCUT2D eigenvalue weighted by atomic mass is 16.6. The Bertz CT molecular complexity index is 1060. The molecule has 56 heavy (non-hydrogen) atoms. The van der Waals surface area contributed by atoms with Gasteiger partial charge in [-0.3, -0.25) is 9.59 Å². The van der Waals surface area contributed by atoms with E-state index in [0.717, 1.165) is 51.4 Å². The van der Waals surface area contributed by atoms with Crippen LogP contribution in [0.1, 0.15) is 187 Å². The molecule has 2 unspecified atom stereocenters. The number of carbonyl (C=O) groups is 3. The predicted molar refractivity (Wildman–Crippen MR) is 234 cm³/mol. The Morgan fingerprint density at radius 1 is 0.554 bits per heavy atom. The first kappa shape index (κ1) is 53.3. The number of hydrogen-bond acceptors (Lipinski definition) is 6. The van der Waals surface area contributed by atoms with E-state index in [2.05, 4.69) is 62.5 Å². The summed E-state index contributed by atoms with van der Waals surface area (Å²) >= 11 is 0. The molecule has 8 heteroatoms. The number of nitrogens with zero attached hydrogens (tertiary/aromatic N) is 1. The SMILES string of the molecule is CC/C=C/C/C=C/C/C=C/CCCCCCCCCCCCCCCC(=O)OCC(COCCC(C(=O)O)[N+](C)(C)C)OC(=O)CCC/C=C/CCCCCC. The molecule has 0 amide bonds. The first-order chi connectivity index (χ1) is 27.1. The average molecular weight is 789 g/mol. The van der Waals surface area contributed by atoms with Gasteiger partial charge < -0.3 is 23.8 Å². The van der Waals surface area contributed by atoms with Crippen LogP contribution < -0.4 is 0 Å². The Balaban J connectivity index is 4.16. The maximum Gasteiger partial charge on any atom is 0.362 e. The van der Waals surface area contributed by atoms with Gasteiger partial charge in [-0.2, -0.15) is 0 Å². The Morgan fingerprint density at radius 2 is 1.02 bits per heavy atom. The molecule has 0 bridgehead atoms. The first-order valence-corrected chi connectivity index (χ1v) is 22.7. The Labute approximate surface area is 344 Å². The molecular formula is C48H86NO7+. The number of carboxylic acid groups (broad SMARTS) is 1. The van der Waals surface area contributed by atoms with Gasteiger partial charge in [0.25, 0.3) is 0 Å². The van der Waals surface area contributed by atoms with Crippen LogP contribution in [-0.4, -0.2) is 80.6 Å². The van der Waals surface area contributed by atoms with E-state index in [4.69, 9.17) is 14.2 Å². The van der Waals surface area contributed by atoms with Crippen molar-refractivity contribution in [2.45, 2.75) is 199 Å². The number of hydrogen-bond donors (Lipinski definition) is 1. The smallest absolute Gasteiger partial charge is 0.362 e. The molecule has 0 aliphatic carbocycles. The van der Waals surface area contributed by atoms with Crippen molar-refractivity contribution in [1.82, 2.24) is 0 Å². The summed E-state index contributed by atoms with van der Waals surface area (Å²) in [7, 11) is 5.51. The second-order valence-electron chi connectivity index (χ2n) is 16.3. The van der Waals surface area contributed by atoms with Crippen molar-refractivity contribution in [3.8, 4) is 0 Å². The molecule has 2 atom stereocenters. The molecule has 0 heterocycles. The van der Waals surface area contributed by atoms with Gasteiger partial charge >= 0.3 is 17.9 Å². The zero-order valence-corrected chi connectivity index (χ0v) is 36.8. The minimum atomic E-state index is -0.880. The standard InChI is InChI=1S/C48H85NO7/c1-6-8-10-12-14-16-17-18-19-20-21-22-23-24-25-26-27-28-29-31-32-34-36-38-46(50)55-43-44(42-54-41-40-45(48(52)53)49(3,4)5)56-47(51)39-37-35-33-30-15-13-11-9-7-2/h8,10,14,16,18-19,30,33,44-45H,6-7,9,11-13,15,17,20-29,31-32,34-43H2,1-5H3/p+1/b10-8+,16-14+,19-18+,33-30+. The Hall–Kier alpha value is -2.71. The van der Waals surface area contributed by atoms with E-state index in [9.17, 15) is 19.5 Å². The lowest BCUT2D eigenvalue weighted by molar-refractivity contribution is -0.887. The van der Waals surface area contributed by atoms with Crippen LogP contribution in [0.25, 0.3) is 0 Å². The molecule has 0 aromatic heterocycles.